The van der Waals surface area contributed by atoms with Crippen molar-refractivity contribution in [2.75, 3.05) is 0 Å². The number of H-pyrrole nitrogens is 1. The van der Waals surface area contributed by atoms with Crippen molar-refractivity contribution in [1.29, 1.82) is 0 Å². The van der Waals surface area contributed by atoms with E-state index in [-0.39, 0.29) is 0 Å². The second kappa shape index (κ2) is 5.31. The maximum absolute atomic E-state index is 6.19. The second-order valence-electron chi connectivity index (χ2n) is 4.99. The van der Waals surface area contributed by atoms with Gasteiger partial charge in [-0.05, 0) is 23.8 Å². The molecule has 0 amide bonds. The summed E-state index contributed by atoms with van der Waals surface area (Å²) in [6.07, 6.45) is 1.45. The van der Waals surface area contributed by atoms with E-state index in [1.165, 1.54) is 6.33 Å². The maximum atomic E-state index is 6.19. The number of hydrogen-bond acceptors (Lipinski definition) is 3. The first-order chi connectivity index (χ1) is 10.8. The van der Waals surface area contributed by atoms with Crippen LogP contribution in [-0.4, -0.2) is 15.0 Å². The minimum Gasteiger partial charge on any atom is -0.489 e. The third-order valence-electron chi connectivity index (χ3n) is 3.56. The highest BCUT2D eigenvalue weighted by Gasteiger charge is 2.10. The molecule has 5 heteroatoms. The summed E-state index contributed by atoms with van der Waals surface area (Å²) in [6, 6.07) is 15.9. The third-order valence-corrected chi connectivity index (χ3v) is 3.85. The molecule has 0 saturated carbocycles. The van der Waals surface area contributed by atoms with Crippen LogP contribution < -0.4 is 4.74 Å². The Bertz CT molecular complexity index is 950. The zero-order chi connectivity index (χ0) is 14.9. The number of rotatable bonds is 3. The fourth-order valence-electron chi connectivity index (χ4n) is 2.50. The van der Waals surface area contributed by atoms with Crippen LogP contribution in [0.2, 0.25) is 5.15 Å². The summed E-state index contributed by atoms with van der Waals surface area (Å²) >= 11 is 6.19. The average molecular weight is 310 g/mol. The second-order valence-corrected chi connectivity index (χ2v) is 5.35. The minimum atomic E-state index is 0.441. The van der Waals surface area contributed by atoms with Crippen LogP contribution in [0.15, 0.2) is 54.9 Å². The molecule has 4 rings (SSSR count). The van der Waals surface area contributed by atoms with E-state index in [1.807, 2.05) is 48.5 Å². The largest absolute Gasteiger partial charge is 0.489 e. The van der Waals surface area contributed by atoms with Gasteiger partial charge in [-0.15, -0.1) is 0 Å². The smallest absolute Gasteiger partial charge is 0.143 e. The van der Waals surface area contributed by atoms with E-state index in [0.717, 1.165) is 33.2 Å². The summed E-state index contributed by atoms with van der Waals surface area (Å²) in [6.45, 7) is 0.527. The molecule has 1 N–H and O–H groups in total. The van der Waals surface area contributed by atoms with E-state index in [9.17, 15) is 0 Å². The van der Waals surface area contributed by atoms with Gasteiger partial charge in [-0.25, -0.2) is 9.97 Å². The van der Waals surface area contributed by atoms with Crippen molar-refractivity contribution in [3.63, 3.8) is 0 Å². The monoisotopic (exact) mass is 309 g/mol. The Morgan fingerprint density at radius 3 is 2.77 bits per heavy atom. The van der Waals surface area contributed by atoms with Crippen LogP contribution in [0.4, 0.5) is 0 Å². The van der Waals surface area contributed by atoms with E-state index in [1.54, 1.807) is 0 Å². The Morgan fingerprint density at radius 1 is 1.05 bits per heavy atom. The van der Waals surface area contributed by atoms with Gasteiger partial charge < -0.3 is 9.72 Å². The van der Waals surface area contributed by atoms with Gasteiger partial charge in [-0.2, -0.15) is 0 Å². The van der Waals surface area contributed by atoms with Crippen LogP contribution in [0.1, 0.15) is 5.56 Å². The van der Waals surface area contributed by atoms with Gasteiger partial charge in [-0.1, -0.05) is 41.9 Å². The number of benzene rings is 2. The quantitative estimate of drug-likeness (QED) is 0.573. The Kier molecular flexibility index (Phi) is 3.16. The first kappa shape index (κ1) is 13.1. The van der Waals surface area contributed by atoms with Gasteiger partial charge in [0.05, 0.1) is 5.39 Å². The van der Waals surface area contributed by atoms with Gasteiger partial charge in [0, 0.05) is 10.9 Å². The lowest BCUT2D eigenvalue weighted by Crippen LogP contribution is -1.94. The van der Waals surface area contributed by atoms with Crippen molar-refractivity contribution >= 4 is 33.5 Å². The normalized spacial score (nSPS) is 11.1. The van der Waals surface area contributed by atoms with E-state index in [4.69, 9.17) is 16.3 Å². The third kappa shape index (κ3) is 2.27. The highest BCUT2D eigenvalue weighted by Crippen LogP contribution is 2.31. The molecule has 0 radical (unpaired) electrons. The number of ether oxygens (including phenoxy) is 1. The van der Waals surface area contributed by atoms with E-state index >= 15 is 0 Å². The van der Waals surface area contributed by atoms with E-state index in [2.05, 4.69) is 15.0 Å². The van der Waals surface area contributed by atoms with E-state index in [0.29, 0.717) is 11.8 Å². The van der Waals surface area contributed by atoms with Crippen LogP contribution in [0.5, 0.6) is 5.75 Å². The standard InChI is InChI=1S/C17H12ClN3O/c18-16-15-13-8-12(22-9-11-4-2-1-3-5-11)6-7-14(13)21-17(15)20-10-19-16/h1-8,10H,9H2,(H,19,20,21). The molecule has 0 bridgehead atoms. The van der Waals surface area contributed by atoms with Crippen LogP contribution >= 0.6 is 11.6 Å². The minimum absolute atomic E-state index is 0.441. The predicted molar refractivity (Wildman–Crippen MR) is 87.2 cm³/mol. The fourth-order valence-corrected chi connectivity index (χ4v) is 2.73. The zero-order valence-corrected chi connectivity index (χ0v) is 12.3. The number of halogens is 1. The zero-order valence-electron chi connectivity index (χ0n) is 11.6. The molecule has 0 saturated heterocycles. The number of nitrogens with one attached hydrogen (secondary N) is 1. The molecular formula is C17H12ClN3O. The van der Waals surface area contributed by atoms with Crippen LogP contribution in [-0.2, 0) is 6.61 Å². The molecule has 2 aromatic heterocycles. The van der Waals surface area contributed by atoms with Crippen molar-refractivity contribution in [3.8, 4) is 5.75 Å². The van der Waals surface area contributed by atoms with Crippen molar-refractivity contribution in [2.24, 2.45) is 0 Å². The van der Waals surface area contributed by atoms with Crippen molar-refractivity contribution in [1.82, 2.24) is 15.0 Å². The molecular weight excluding hydrogens is 298 g/mol. The maximum Gasteiger partial charge on any atom is 0.143 e. The average Bonchev–Trinajstić information content (AvgIpc) is 2.93. The lowest BCUT2D eigenvalue weighted by Gasteiger charge is -2.06. The number of fused-ring (bicyclic) bond motifs is 3. The van der Waals surface area contributed by atoms with Gasteiger partial charge in [0.15, 0.2) is 0 Å². The highest BCUT2D eigenvalue weighted by molar-refractivity contribution is 6.36. The van der Waals surface area contributed by atoms with Crippen LogP contribution in [0.3, 0.4) is 0 Å². The lowest BCUT2D eigenvalue weighted by molar-refractivity contribution is 0.306. The highest BCUT2D eigenvalue weighted by atomic mass is 35.5. The summed E-state index contributed by atoms with van der Waals surface area (Å²) in [5.74, 6) is 0.789. The number of aromatic amines is 1. The van der Waals surface area contributed by atoms with Crippen molar-refractivity contribution in [3.05, 3.63) is 65.6 Å². The van der Waals surface area contributed by atoms with Gasteiger partial charge >= 0.3 is 0 Å². The summed E-state index contributed by atoms with van der Waals surface area (Å²) in [5, 5.41) is 2.23. The first-order valence-electron chi connectivity index (χ1n) is 6.90. The topological polar surface area (TPSA) is 50.8 Å². The van der Waals surface area contributed by atoms with Gasteiger partial charge in [0.1, 0.15) is 29.5 Å². The van der Waals surface area contributed by atoms with Gasteiger partial charge in [-0.3, -0.25) is 0 Å². The summed E-state index contributed by atoms with van der Waals surface area (Å²) in [5.41, 5.74) is 2.82. The molecule has 2 aromatic carbocycles. The molecule has 0 fully saturated rings. The molecule has 0 aliphatic carbocycles. The number of aromatic nitrogens is 3. The predicted octanol–water partition coefficient (Wildman–Crippen LogP) is 4.34. The van der Waals surface area contributed by atoms with Crippen LogP contribution in [0, 0.1) is 0 Å². The lowest BCUT2D eigenvalue weighted by atomic mass is 10.2. The fraction of sp³-hybridized carbons (Fsp3) is 0.0588. The SMILES string of the molecule is Clc1ncnc2[nH]c3ccc(OCc4ccccc4)cc3c12. The molecule has 0 aliphatic rings. The molecule has 108 valence electrons. The molecule has 4 nitrogen and oxygen atoms in total. The molecule has 4 aromatic rings. The van der Waals surface area contributed by atoms with Gasteiger partial charge in [0.25, 0.3) is 0 Å². The van der Waals surface area contributed by atoms with E-state index < -0.39 is 0 Å². The molecule has 2 heterocycles. The summed E-state index contributed by atoms with van der Waals surface area (Å²) in [4.78, 5) is 11.5. The summed E-state index contributed by atoms with van der Waals surface area (Å²) in [7, 11) is 0. The van der Waals surface area contributed by atoms with Gasteiger partial charge in [0.2, 0.25) is 0 Å². The van der Waals surface area contributed by atoms with Crippen LogP contribution in [0.25, 0.3) is 21.9 Å². The Labute approximate surface area is 131 Å². The Morgan fingerprint density at radius 2 is 1.91 bits per heavy atom. The molecule has 0 aliphatic heterocycles. The van der Waals surface area contributed by atoms with Crippen molar-refractivity contribution < 1.29 is 4.74 Å². The van der Waals surface area contributed by atoms with Crippen molar-refractivity contribution in [2.45, 2.75) is 6.61 Å². The molecule has 0 atom stereocenters. The Hall–Kier alpha value is -2.59. The first-order valence-corrected chi connectivity index (χ1v) is 7.28. The molecule has 0 spiro atoms. The molecule has 22 heavy (non-hydrogen) atoms. The number of hydrogen-bond donors (Lipinski definition) is 1. The molecule has 0 unspecified atom stereocenters. The Balaban J connectivity index is 1.72. The number of nitrogens with zero attached hydrogens (tertiary/aromatic N) is 2. The summed E-state index contributed by atoms with van der Waals surface area (Å²) < 4.78 is 5.86.